The van der Waals surface area contributed by atoms with Crippen molar-refractivity contribution in [3.8, 4) is 5.75 Å². The van der Waals surface area contributed by atoms with E-state index in [2.05, 4.69) is 4.98 Å². The highest BCUT2D eigenvalue weighted by Gasteiger charge is 2.29. The molecule has 0 radical (unpaired) electrons. The van der Waals surface area contributed by atoms with E-state index in [0.29, 0.717) is 11.3 Å². The maximum atomic E-state index is 13.3. The van der Waals surface area contributed by atoms with E-state index >= 15 is 0 Å². The van der Waals surface area contributed by atoms with Crippen LogP contribution in [0.25, 0.3) is 10.9 Å². The number of para-hydroxylation sites is 2. The molecule has 0 saturated carbocycles. The minimum atomic E-state index is -3.74. The van der Waals surface area contributed by atoms with Crippen LogP contribution in [-0.2, 0) is 10.0 Å². The van der Waals surface area contributed by atoms with Gasteiger partial charge >= 0.3 is 0 Å². The van der Waals surface area contributed by atoms with Crippen LogP contribution in [-0.4, -0.2) is 31.9 Å². The molecule has 6 heteroatoms. The maximum absolute atomic E-state index is 13.3. The average molecular weight is 370 g/mol. The Labute approximate surface area is 154 Å². The van der Waals surface area contributed by atoms with Crippen molar-refractivity contribution in [1.82, 2.24) is 9.29 Å². The van der Waals surface area contributed by atoms with Gasteiger partial charge in [0.15, 0.2) is 0 Å². The Hall–Kier alpha value is -2.44. The quantitative estimate of drug-likeness (QED) is 0.683. The zero-order valence-electron chi connectivity index (χ0n) is 15.3. The van der Waals surface area contributed by atoms with Crippen LogP contribution in [0.1, 0.15) is 24.1 Å². The number of fused-ring (bicyclic) bond motifs is 1. The topological polar surface area (TPSA) is 59.5 Å². The van der Waals surface area contributed by atoms with Crippen LogP contribution in [0.4, 0.5) is 0 Å². The van der Waals surface area contributed by atoms with Gasteiger partial charge in [0.25, 0.3) is 0 Å². The van der Waals surface area contributed by atoms with Gasteiger partial charge in [-0.3, -0.25) is 4.98 Å². The first-order valence-corrected chi connectivity index (χ1v) is 9.76. The van der Waals surface area contributed by atoms with Crippen molar-refractivity contribution < 1.29 is 13.2 Å². The van der Waals surface area contributed by atoms with Crippen LogP contribution < -0.4 is 4.74 Å². The smallest absolute Gasteiger partial charge is 0.245 e. The second kappa shape index (κ2) is 7.05. The van der Waals surface area contributed by atoms with E-state index in [4.69, 9.17) is 4.74 Å². The van der Waals surface area contributed by atoms with Crippen molar-refractivity contribution >= 4 is 20.9 Å². The molecule has 1 heterocycles. The molecule has 0 aliphatic rings. The molecule has 136 valence electrons. The molecule has 3 aromatic rings. The Balaban J connectivity index is 2.08. The molecule has 0 bridgehead atoms. The van der Waals surface area contributed by atoms with Crippen LogP contribution in [0.3, 0.4) is 0 Å². The predicted molar refractivity (Wildman–Crippen MR) is 103 cm³/mol. The normalized spacial score (nSPS) is 13.1. The highest BCUT2D eigenvalue weighted by atomic mass is 32.2. The largest absolute Gasteiger partial charge is 0.496 e. The number of rotatable bonds is 5. The predicted octanol–water partition coefficient (Wildman–Crippen LogP) is 3.93. The first kappa shape index (κ1) is 18.4. The van der Waals surface area contributed by atoms with Gasteiger partial charge in [0.1, 0.15) is 10.6 Å². The molecule has 0 spiro atoms. The van der Waals surface area contributed by atoms with Crippen molar-refractivity contribution in [3.63, 3.8) is 0 Å². The fourth-order valence-corrected chi connectivity index (χ4v) is 4.53. The van der Waals surface area contributed by atoms with E-state index in [1.54, 1.807) is 32.5 Å². The zero-order valence-corrected chi connectivity index (χ0v) is 16.1. The molecule has 5 nitrogen and oxygen atoms in total. The second-order valence-corrected chi connectivity index (χ2v) is 8.25. The van der Waals surface area contributed by atoms with Crippen LogP contribution in [0.15, 0.2) is 59.6 Å². The van der Waals surface area contributed by atoms with Crippen molar-refractivity contribution in [2.75, 3.05) is 14.2 Å². The summed E-state index contributed by atoms with van der Waals surface area (Å²) >= 11 is 0. The third-order valence-electron chi connectivity index (χ3n) is 4.60. The lowest BCUT2D eigenvalue weighted by Gasteiger charge is -2.26. The number of aryl methyl sites for hydroxylation is 1. The third kappa shape index (κ3) is 3.18. The van der Waals surface area contributed by atoms with Gasteiger partial charge < -0.3 is 4.74 Å². The number of nitrogens with zero attached hydrogens (tertiary/aromatic N) is 2. The number of hydrogen-bond acceptors (Lipinski definition) is 4. The van der Waals surface area contributed by atoms with Crippen molar-refractivity contribution in [1.29, 1.82) is 0 Å². The molecule has 0 aliphatic heterocycles. The number of hydrogen-bond donors (Lipinski definition) is 0. The summed E-state index contributed by atoms with van der Waals surface area (Å²) < 4.78 is 33.3. The zero-order chi connectivity index (χ0) is 18.9. The fraction of sp³-hybridized carbons (Fsp3) is 0.250. The molecule has 0 N–H and O–H groups in total. The Morgan fingerprint density at radius 3 is 2.58 bits per heavy atom. The number of pyridine rings is 1. The third-order valence-corrected chi connectivity index (χ3v) is 6.56. The highest BCUT2D eigenvalue weighted by molar-refractivity contribution is 7.89. The summed E-state index contributed by atoms with van der Waals surface area (Å²) in [6.07, 6.45) is 1.69. The summed E-state index contributed by atoms with van der Waals surface area (Å²) in [6.45, 7) is 3.78. The van der Waals surface area contributed by atoms with E-state index in [-0.39, 0.29) is 4.90 Å². The molecule has 0 aliphatic carbocycles. The average Bonchev–Trinajstić information content (AvgIpc) is 2.65. The number of ether oxygens (including phenoxy) is 1. The molecule has 26 heavy (non-hydrogen) atoms. The lowest BCUT2D eigenvalue weighted by atomic mass is 10.1. The van der Waals surface area contributed by atoms with Gasteiger partial charge in [0.2, 0.25) is 10.0 Å². The minimum absolute atomic E-state index is 0.208. The van der Waals surface area contributed by atoms with E-state index in [0.717, 1.165) is 16.5 Å². The van der Waals surface area contributed by atoms with E-state index in [1.165, 1.54) is 4.31 Å². The highest BCUT2D eigenvalue weighted by Crippen LogP contribution is 2.33. The summed E-state index contributed by atoms with van der Waals surface area (Å²) in [4.78, 5) is 4.57. The molecule has 1 atom stereocenters. The Bertz CT molecular complexity index is 1050. The summed E-state index contributed by atoms with van der Waals surface area (Å²) in [5.74, 6) is 0.661. The van der Waals surface area contributed by atoms with E-state index in [1.807, 2.05) is 50.2 Å². The number of aromatic nitrogens is 1. The standard InChI is InChI=1S/C20H22N2O3S/c1-14-12-16-8-7-11-19(20(16)21-13-14)26(23,24)22(3)15(2)17-9-5-6-10-18(17)25-4/h5-13,15H,1-4H3. The van der Waals surface area contributed by atoms with E-state index in [9.17, 15) is 8.42 Å². The molecular formula is C20H22N2O3S. The Kier molecular flexibility index (Phi) is 4.98. The molecule has 1 unspecified atom stereocenters. The maximum Gasteiger partial charge on any atom is 0.245 e. The Morgan fingerprint density at radius 2 is 1.85 bits per heavy atom. The molecule has 0 fully saturated rings. The van der Waals surface area contributed by atoms with Crippen LogP contribution >= 0.6 is 0 Å². The lowest BCUT2D eigenvalue weighted by molar-refractivity contribution is 0.367. The molecule has 2 aromatic carbocycles. The van der Waals surface area contributed by atoms with Crippen molar-refractivity contribution in [2.24, 2.45) is 0 Å². The van der Waals surface area contributed by atoms with Crippen LogP contribution in [0, 0.1) is 6.92 Å². The van der Waals surface area contributed by atoms with Crippen molar-refractivity contribution in [3.05, 3.63) is 65.9 Å². The molecular weight excluding hydrogens is 348 g/mol. The minimum Gasteiger partial charge on any atom is -0.496 e. The van der Waals surface area contributed by atoms with Crippen LogP contribution in [0.5, 0.6) is 5.75 Å². The van der Waals surface area contributed by atoms with Gasteiger partial charge in [-0.25, -0.2) is 8.42 Å². The van der Waals surface area contributed by atoms with Gasteiger partial charge in [0.05, 0.1) is 18.7 Å². The van der Waals surface area contributed by atoms with Gasteiger partial charge in [-0.2, -0.15) is 4.31 Å². The molecule has 0 saturated heterocycles. The molecule has 0 amide bonds. The van der Waals surface area contributed by atoms with Crippen LogP contribution in [0.2, 0.25) is 0 Å². The lowest BCUT2D eigenvalue weighted by Crippen LogP contribution is -2.30. The second-order valence-electron chi connectivity index (χ2n) is 6.28. The first-order chi connectivity index (χ1) is 12.4. The molecule has 1 aromatic heterocycles. The SMILES string of the molecule is COc1ccccc1C(C)N(C)S(=O)(=O)c1cccc2cc(C)cnc12. The number of methoxy groups -OCH3 is 1. The summed E-state index contributed by atoms with van der Waals surface area (Å²) in [5.41, 5.74) is 2.28. The number of sulfonamides is 1. The van der Waals surface area contributed by atoms with Gasteiger partial charge in [-0.05, 0) is 37.6 Å². The Morgan fingerprint density at radius 1 is 1.12 bits per heavy atom. The van der Waals surface area contributed by atoms with Gasteiger partial charge in [-0.1, -0.05) is 30.3 Å². The number of benzene rings is 2. The van der Waals surface area contributed by atoms with E-state index < -0.39 is 16.1 Å². The molecule has 3 rings (SSSR count). The van der Waals surface area contributed by atoms with Gasteiger partial charge in [-0.15, -0.1) is 0 Å². The summed E-state index contributed by atoms with van der Waals surface area (Å²) in [6, 6.07) is 14.2. The van der Waals surface area contributed by atoms with Crippen molar-refractivity contribution in [2.45, 2.75) is 24.8 Å². The summed E-state index contributed by atoms with van der Waals surface area (Å²) in [7, 11) is -0.572. The monoisotopic (exact) mass is 370 g/mol. The first-order valence-electron chi connectivity index (χ1n) is 8.32. The fourth-order valence-electron chi connectivity index (χ4n) is 3.02. The van der Waals surface area contributed by atoms with Gasteiger partial charge in [0, 0.05) is 24.2 Å². The summed E-state index contributed by atoms with van der Waals surface area (Å²) in [5, 5.41) is 0.810.